The summed E-state index contributed by atoms with van der Waals surface area (Å²) in [6.45, 7) is 8.33. The molecule has 1 aromatic carbocycles. The lowest BCUT2D eigenvalue weighted by molar-refractivity contribution is 0.198. The molecule has 0 aromatic heterocycles. The van der Waals surface area contributed by atoms with Gasteiger partial charge in [0.05, 0.1) is 0 Å². The van der Waals surface area contributed by atoms with E-state index in [-0.39, 0.29) is 0 Å². The third kappa shape index (κ3) is 2.85. The van der Waals surface area contributed by atoms with E-state index in [2.05, 4.69) is 54.4 Å². The summed E-state index contributed by atoms with van der Waals surface area (Å²) in [5.74, 6) is 1.66. The predicted molar refractivity (Wildman–Crippen MR) is 80.0 cm³/mol. The van der Waals surface area contributed by atoms with Crippen LogP contribution in [0.4, 0.5) is 0 Å². The van der Waals surface area contributed by atoms with Gasteiger partial charge in [-0.3, -0.25) is 4.90 Å². The molecular weight excluding hydrogens is 232 g/mol. The van der Waals surface area contributed by atoms with Gasteiger partial charge >= 0.3 is 0 Å². The van der Waals surface area contributed by atoms with Crippen molar-refractivity contribution in [3.8, 4) is 0 Å². The zero-order valence-corrected chi connectivity index (χ0v) is 12.2. The van der Waals surface area contributed by atoms with Crippen LogP contribution in [0.2, 0.25) is 0 Å². The van der Waals surface area contributed by atoms with Gasteiger partial charge in [0, 0.05) is 25.2 Å². The largest absolute Gasteiger partial charge is 0.312 e. The van der Waals surface area contributed by atoms with Crippen molar-refractivity contribution in [2.75, 3.05) is 13.1 Å². The SMILES string of the molecule is CC(C)CC1C2NCCC2CN1Cc1ccccc1. The molecule has 19 heavy (non-hydrogen) atoms. The van der Waals surface area contributed by atoms with E-state index in [9.17, 15) is 0 Å². The van der Waals surface area contributed by atoms with E-state index in [1.165, 1.54) is 31.5 Å². The number of fused-ring (bicyclic) bond motifs is 1. The maximum atomic E-state index is 3.75. The normalized spacial score (nSPS) is 31.0. The average molecular weight is 258 g/mol. The topological polar surface area (TPSA) is 15.3 Å². The molecule has 2 saturated heterocycles. The van der Waals surface area contributed by atoms with Crippen molar-refractivity contribution in [1.82, 2.24) is 10.2 Å². The second-order valence-corrected chi connectivity index (χ2v) is 6.64. The minimum atomic E-state index is 0.729. The zero-order chi connectivity index (χ0) is 13.2. The van der Waals surface area contributed by atoms with E-state index in [1.807, 2.05) is 0 Å². The van der Waals surface area contributed by atoms with Crippen LogP contribution in [0.25, 0.3) is 0 Å². The van der Waals surface area contributed by atoms with Crippen LogP contribution >= 0.6 is 0 Å². The number of nitrogens with one attached hydrogen (secondary N) is 1. The van der Waals surface area contributed by atoms with Crippen molar-refractivity contribution in [3.05, 3.63) is 35.9 Å². The Morgan fingerprint density at radius 1 is 1.26 bits per heavy atom. The number of benzene rings is 1. The third-order valence-corrected chi connectivity index (χ3v) is 4.70. The van der Waals surface area contributed by atoms with Gasteiger partial charge in [-0.15, -0.1) is 0 Å². The van der Waals surface area contributed by atoms with Crippen LogP contribution in [0.5, 0.6) is 0 Å². The highest BCUT2D eigenvalue weighted by atomic mass is 15.2. The number of hydrogen-bond acceptors (Lipinski definition) is 2. The van der Waals surface area contributed by atoms with Gasteiger partial charge in [0.1, 0.15) is 0 Å². The molecule has 3 unspecified atom stereocenters. The van der Waals surface area contributed by atoms with Crippen molar-refractivity contribution in [2.45, 2.75) is 45.3 Å². The fourth-order valence-corrected chi connectivity index (χ4v) is 3.88. The molecule has 1 N–H and O–H groups in total. The molecular formula is C17H26N2. The highest BCUT2D eigenvalue weighted by Crippen LogP contribution is 2.34. The molecule has 0 bridgehead atoms. The van der Waals surface area contributed by atoms with E-state index >= 15 is 0 Å². The molecule has 0 amide bonds. The van der Waals surface area contributed by atoms with Crippen LogP contribution in [0, 0.1) is 11.8 Å². The summed E-state index contributed by atoms with van der Waals surface area (Å²) in [6.07, 6.45) is 2.69. The lowest BCUT2D eigenvalue weighted by atomic mass is 9.94. The number of hydrogen-bond donors (Lipinski definition) is 1. The standard InChI is InChI=1S/C17H26N2/c1-13(2)10-16-17-15(8-9-18-17)12-19(16)11-14-6-4-3-5-7-14/h3-7,13,15-18H,8-12H2,1-2H3. The maximum absolute atomic E-state index is 3.75. The van der Waals surface area contributed by atoms with Gasteiger partial charge < -0.3 is 5.32 Å². The minimum absolute atomic E-state index is 0.729. The molecule has 2 heterocycles. The van der Waals surface area contributed by atoms with E-state index in [0.29, 0.717) is 0 Å². The van der Waals surface area contributed by atoms with Crippen LogP contribution < -0.4 is 5.32 Å². The summed E-state index contributed by atoms with van der Waals surface area (Å²) in [6, 6.07) is 12.4. The first-order valence-corrected chi connectivity index (χ1v) is 7.75. The predicted octanol–water partition coefficient (Wildman–Crippen LogP) is 2.90. The fraction of sp³-hybridized carbons (Fsp3) is 0.647. The molecule has 0 aliphatic carbocycles. The fourth-order valence-electron chi connectivity index (χ4n) is 3.88. The van der Waals surface area contributed by atoms with Crippen LogP contribution in [0.15, 0.2) is 30.3 Å². The van der Waals surface area contributed by atoms with E-state index < -0.39 is 0 Å². The van der Waals surface area contributed by atoms with E-state index in [4.69, 9.17) is 0 Å². The smallest absolute Gasteiger partial charge is 0.0264 e. The molecule has 3 atom stereocenters. The zero-order valence-electron chi connectivity index (χ0n) is 12.2. The molecule has 0 saturated carbocycles. The van der Waals surface area contributed by atoms with Crippen molar-refractivity contribution < 1.29 is 0 Å². The van der Waals surface area contributed by atoms with Crippen molar-refractivity contribution in [3.63, 3.8) is 0 Å². The molecule has 0 spiro atoms. The Bertz CT molecular complexity index is 401. The number of likely N-dealkylation sites (tertiary alicyclic amines) is 1. The molecule has 2 aliphatic rings. The second-order valence-electron chi connectivity index (χ2n) is 6.64. The van der Waals surface area contributed by atoms with Crippen molar-refractivity contribution in [2.24, 2.45) is 11.8 Å². The molecule has 2 nitrogen and oxygen atoms in total. The van der Waals surface area contributed by atoms with Crippen LogP contribution in [-0.2, 0) is 6.54 Å². The Labute approximate surface area is 117 Å². The minimum Gasteiger partial charge on any atom is -0.312 e. The first-order chi connectivity index (χ1) is 9.24. The molecule has 0 radical (unpaired) electrons. The number of rotatable bonds is 4. The van der Waals surface area contributed by atoms with Crippen LogP contribution in [0.1, 0.15) is 32.3 Å². The summed E-state index contributed by atoms with van der Waals surface area (Å²) >= 11 is 0. The average Bonchev–Trinajstić information content (AvgIpc) is 2.94. The van der Waals surface area contributed by atoms with Crippen LogP contribution in [0.3, 0.4) is 0 Å². The molecule has 1 aromatic rings. The molecule has 2 fully saturated rings. The summed E-state index contributed by atoms with van der Waals surface area (Å²) < 4.78 is 0. The van der Waals surface area contributed by atoms with Gasteiger partial charge in [-0.2, -0.15) is 0 Å². The highest BCUT2D eigenvalue weighted by Gasteiger charge is 2.43. The lowest BCUT2D eigenvalue weighted by Crippen LogP contribution is -2.41. The van der Waals surface area contributed by atoms with Gasteiger partial charge in [-0.05, 0) is 36.8 Å². The summed E-state index contributed by atoms with van der Waals surface area (Å²) in [5, 5.41) is 3.75. The Balaban J connectivity index is 1.72. The molecule has 2 aliphatic heterocycles. The first-order valence-electron chi connectivity index (χ1n) is 7.75. The van der Waals surface area contributed by atoms with Crippen molar-refractivity contribution in [1.29, 1.82) is 0 Å². The Kier molecular flexibility index (Phi) is 3.90. The summed E-state index contributed by atoms with van der Waals surface area (Å²) in [4.78, 5) is 2.72. The molecule has 104 valence electrons. The first kappa shape index (κ1) is 13.1. The monoisotopic (exact) mass is 258 g/mol. The van der Waals surface area contributed by atoms with E-state index in [0.717, 1.165) is 30.5 Å². The van der Waals surface area contributed by atoms with Crippen molar-refractivity contribution >= 4 is 0 Å². The lowest BCUT2D eigenvalue weighted by Gasteiger charge is -2.29. The van der Waals surface area contributed by atoms with Gasteiger partial charge in [0.25, 0.3) is 0 Å². The molecule has 3 rings (SSSR count). The Hall–Kier alpha value is -0.860. The Morgan fingerprint density at radius 2 is 2.05 bits per heavy atom. The Morgan fingerprint density at radius 3 is 2.79 bits per heavy atom. The molecule has 2 heteroatoms. The van der Waals surface area contributed by atoms with Gasteiger partial charge in [0.15, 0.2) is 0 Å². The second kappa shape index (κ2) is 5.64. The summed E-state index contributed by atoms with van der Waals surface area (Å²) in [7, 11) is 0. The highest BCUT2D eigenvalue weighted by molar-refractivity contribution is 5.15. The number of nitrogens with zero attached hydrogens (tertiary/aromatic N) is 1. The van der Waals surface area contributed by atoms with Gasteiger partial charge in [-0.25, -0.2) is 0 Å². The maximum Gasteiger partial charge on any atom is 0.0264 e. The van der Waals surface area contributed by atoms with E-state index in [1.54, 1.807) is 0 Å². The summed E-state index contributed by atoms with van der Waals surface area (Å²) in [5.41, 5.74) is 1.45. The van der Waals surface area contributed by atoms with Gasteiger partial charge in [-0.1, -0.05) is 44.2 Å². The third-order valence-electron chi connectivity index (χ3n) is 4.70. The van der Waals surface area contributed by atoms with Crippen LogP contribution in [-0.4, -0.2) is 30.1 Å². The van der Waals surface area contributed by atoms with Gasteiger partial charge in [0.2, 0.25) is 0 Å². The quantitative estimate of drug-likeness (QED) is 0.893.